The van der Waals surface area contributed by atoms with Gasteiger partial charge in [-0.1, -0.05) is 49.6 Å². The van der Waals surface area contributed by atoms with E-state index in [1.807, 2.05) is 30.3 Å². The largest absolute Gasteiger partial charge is 0.393 e. The SMILES string of the molecule is NC(=O)C1CCCCC[C@@]1(O)[C@H](C[C@@H](O)[CH]Cc1ccccc1)C(N)=O. The van der Waals surface area contributed by atoms with Crippen LogP contribution in [0.5, 0.6) is 0 Å². The van der Waals surface area contributed by atoms with Gasteiger partial charge in [0, 0.05) is 0 Å². The van der Waals surface area contributed by atoms with Crippen LogP contribution in [-0.2, 0) is 16.0 Å². The number of carbonyl (C=O) groups excluding carboxylic acids is 2. The van der Waals surface area contributed by atoms with Crippen LogP contribution in [0.3, 0.4) is 0 Å². The lowest BCUT2D eigenvalue weighted by molar-refractivity contribution is -0.149. The summed E-state index contributed by atoms with van der Waals surface area (Å²) < 4.78 is 0. The summed E-state index contributed by atoms with van der Waals surface area (Å²) in [7, 11) is 0. The number of amides is 2. The van der Waals surface area contributed by atoms with Crippen molar-refractivity contribution in [2.75, 3.05) is 0 Å². The molecule has 0 aliphatic heterocycles. The maximum absolute atomic E-state index is 12.1. The molecule has 1 saturated carbocycles. The standard InChI is InChI=1S/C20H29N2O4/c21-18(24)16-9-5-2-6-12-20(16,26)17(19(22)25)13-15(23)11-10-14-7-3-1-4-8-14/h1,3-4,7-8,11,15-17,23,26H,2,5-6,9-10,12-13H2,(H2,21,24)(H2,22,25)/t15-,16?,17+,20-/m0/s1. The summed E-state index contributed by atoms with van der Waals surface area (Å²) >= 11 is 0. The minimum absolute atomic E-state index is 0.0254. The Kier molecular flexibility index (Phi) is 7.17. The van der Waals surface area contributed by atoms with E-state index in [4.69, 9.17) is 11.5 Å². The van der Waals surface area contributed by atoms with Crippen molar-refractivity contribution in [3.63, 3.8) is 0 Å². The molecule has 1 aromatic carbocycles. The van der Waals surface area contributed by atoms with Gasteiger partial charge in [-0.25, -0.2) is 0 Å². The predicted molar refractivity (Wildman–Crippen MR) is 98.5 cm³/mol. The van der Waals surface area contributed by atoms with Gasteiger partial charge in [0.2, 0.25) is 11.8 Å². The maximum atomic E-state index is 12.1. The van der Waals surface area contributed by atoms with E-state index in [2.05, 4.69) is 0 Å². The first kappa shape index (κ1) is 20.4. The first-order valence-corrected chi connectivity index (χ1v) is 9.21. The first-order chi connectivity index (χ1) is 12.3. The van der Waals surface area contributed by atoms with E-state index < -0.39 is 35.4 Å². The van der Waals surface area contributed by atoms with Crippen molar-refractivity contribution in [1.82, 2.24) is 0 Å². The number of nitrogens with two attached hydrogens (primary N) is 2. The summed E-state index contributed by atoms with van der Waals surface area (Å²) in [6.45, 7) is 0. The van der Waals surface area contributed by atoms with Gasteiger partial charge in [0.25, 0.3) is 0 Å². The van der Waals surface area contributed by atoms with Crippen LogP contribution in [0.1, 0.15) is 44.1 Å². The lowest BCUT2D eigenvalue weighted by Gasteiger charge is -2.39. The van der Waals surface area contributed by atoms with E-state index in [0.29, 0.717) is 19.3 Å². The number of hydrogen-bond acceptors (Lipinski definition) is 4. The molecule has 1 aliphatic rings. The zero-order valence-corrected chi connectivity index (χ0v) is 15.0. The van der Waals surface area contributed by atoms with Crippen molar-refractivity contribution >= 4 is 11.8 Å². The van der Waals surface area contributed by atoms with Crippen LogP contribution in [0, 0.1) is 18.3 Å². The number of rotatable bonds is 8. The fraction of sp³-hybridized carbons (Fsp3) is 0.550. The molecular weight excluding hydrogens is 332 g/mol. The second-order valence-electron chi connectivity index (χ2n) is 7.23. The highest BCUT2D eigenvalue weighted by Crippen LogP contribution is 2.40. The Balaban J connectivity index is 2.10. The second kappa shape index (κ2) is 9.14. The molecule has 143 valence electrons. The number of carbonyl (C=O) groups is 2. The van der Waals surface area contributed by atoms with Gasteiger partial charge in [-0.3, -0.25) is 9.59 Å². The van der Waals surface area contributed by atoms with Crippen LogP contribution >= 0.6 is 0 Å². The van der Waals surface area contributed by atoms with Crippen LogP contribution in [-0.4, -0.2) is 33.7 Å². The summed E-state index contributed by atoms with van der Waals surface area (Å²) in [5, 5.41) is 21.6. The van der Waals surface area contributed by atoms with Gasteiger partial charge in [-0.15, -0.1) is 0 Å². The molecule has 26 heavy (non-hydrogen) atoms. The Morgan fingerprint density at radius 3 is 2.50 bits per heavy atom. The smallest absolute Gasteiger partial charge is 0.223 e. The minimum Gasteiger partial charge on any atom is -0.393 e. The number of aliphatic hydroxyl groups excluding tert-OH is 1. The van der Waals surface area contributed by atoms with Gasteiger partial charge in [0.1, 0.15) is 0 Å². The summed E-state index contributed by atoms with van der Waals surface area (Å²) in [4.78, 5) is 24.0. The van der Waals surface area contributed by atoms with Gasteiger partial charge < -0.3 is 21.7 Å². The van der Waals surface area contributed by atoms with Gasteiger partial charge in [-0.05, 0) is 37.7 Å². The molecule has 0 heterocycles. The third-order valence-corrected chi connectivity index (χ3v) is 5.41. The summed E-state index contributed by atoms with van der Waals surface area (Å²) in [5.74, 6) is -3.19. The van der Waals surface area contributed by atoms with Crippen molar-refractivity contribution in [2.45, 2.75) is 56.7 Å². The average Bonchev–Trinajstić information content (AvgIpc) is 2.80. The Labute approximate surface area is 154 Å². The van der Waals surface area contributed by atoms with E-state index >= 15 is 0 Å². The molecule has 6 N–H and O–H groups in total. The topological polar surface area (TPSA) is 127 Å². The third kappa shape index (κ3) is 5.05. The third-order valence-electron chi connectivity index (χ3n) is 5.41. The van der Waals surface area contributed by atoms with Gasteiger partial charge in [0.05, 0.1) is 23.5 Å². The molecule has 1 unspecified atom stereocenters. The fourth-order valence-corrected chi connectivity index (χ4v) is 3.95. The molecule has 0 spiro atoms. The van der Waals surface area contributed by atoms with E-state index in [1.54, 1.807) is 6.42 Å². The molecule has 0 aromatic heterocycles. The summed E-state index contributed by atoms with van der Waals surface area (Å²) in [6, 6.07) is 9.61. The lowest BCUT2D eigenvalue weighted by Crippen LogP contribution is -2.54. The van der Waals surface area contributed by atoms with Crippen molar-refractivity contribution in [2.24, 2.45) is 23.3 Å². The molecule has 6 nitrogen and oxygen atoms in total. The normalized spacial score (nSPS) is 25.8. The second-order valence-corrected chi connectivity index (χ2v) is 7.23. The van der Waals surface area contributed by atoms with Crippen LogP contribution in [0.15, 0.2) is 30.3 Å². The zero-order valence-electron chi connectivity index (χ0n) is 15.0. The molecule has 2 amide bonds. The Hall–Kier alpha value is -1.92. The Morgan fingerprint density at radius 2 is 1.88 bits per heavy atom. The number of hydrogen-bond donors (Lipinski definition) is 4. The van der Waals surface area contributed by atoms with Crippen molar-refractivity contribution in [3.05, 3.63) is 42.3 Å². The van der Waals surface area contributed by atoms with Crippen molar-refractivity contribution in [3.8, 4) is 0 Å². The molecule has 1 aliphatic carbocycles. The highest BCUT2D eigenvalue weighted by atomic mass is 16.3. The first-order valence-electron chi connectivity index (χ1n) is 9.21. The van der Waals surface area contributed by atoms with E-state index in [1.165, 1.54) is 0 Å². The van der Waals surface area contributed by atoms with Crippen molar-refractivity contribution in [1.29, 1.82) is 0 Å². The fourth-order valence-electron chi connectivity index (χ4n) is 3.95. The predicted octanol–water partition coefficient (Wildman–Crippen LogP) is 1.08. The highest BCUT2D eigenvalue weighted by molar-refractivity contribution is 5.82. The van der Waals surface area contributed by atoms with Gasteiger partial charge >= 0.3 is 0 Å². The lowest BCUT2D eigenvalue weighted by atomic mass is 9.70. The van der Waals surface area contributed by atoms with Crippen LogP contribution in [0.2, 0.25) is 0 Å². The molecule has 4 atom stereocenters. The molecule has 2 rings (SSSR count). The van der Waals surface area contributed by atoms with E-state index in [9.17, 15) is 19.8 Å². The molecule has 1 aromatic rings. The van der Waals surface area contributed by atoms with Crippen LogP contribution in [0.4, 0.5) is 0 Å². The van der Waals surface area contributed by atoms with E-state index in [-0.39, 0.29) is 12.8 Å². The minimum atomic E-state index is -1.60. The monoisotopic (exact) mass is 361 g/mol. The molecule has 6 heteroatoms. The van der Waals surface area contributed by atoms with Gasteiger partial charge in [-0.2, -0.15) is 0 Å². The quantitative estimate of drug-likeness (QED) is 0.517. The molecule has 1 fully saturated rings. The van der Waals surface area contributed by atoms with Gasteiger partial charge in [0.15, 0.2) is 0 Å². The Morgan fingerprint density at radius 1 is 1.19 bits per heavy atom. The van der Waals surface area contributed by atoms with Crippen molar-refractivity contribution < 1.29 is 19.8 Å². The Bertz CT molecular complexity index is 607. The van der Waals surface area contributed by atoms with Crippen LogP contribution in [0.25, 0.3) is 0 Å². The number of primary amides is 2. The number of aliphatic hydroxyl groups is 2. The molecule has 0 saturated heterocycles. The number of benzene rings is 1. The molecular formula is C20H29N2O4. The zero-order chi connectivity index (χ0) is 19.2. The van der Waals surface area contributed by atoms with E-state index in [0.717, 1.165) is 18.4 Å². The highest BCUT2D eigenvalue weighted by Gasteiger charge is 2.49. The molecule has 1 radical (unpaired) electrons. The van der Waals surface area contributed by atoms with Crippen LogP contribution < -0.4 is 11.5 Å². The summed E-state index contributed by atoms with van der Waals surface area (Å²) in [6.07, 6.45) is 4.30. The maximum Gasteiger partial charge on any atom is 0.223 e. The average molecular weight is 361 g/mol. The summed E-state index contributed by atoms with van der Waals surface area (Å²) in [5.41, 5.74) is 10.5. The molecule has 0 bridgehead atoms.